The fourth-order valence-electron chi connectivity index (χ4n) is 10.7. The molecule has 0 spiro atoms. The van der Waals surface area contributed by atoms with Gasteiger partial charge >= 0.3 is 0 Å². The van der Waals surface area contributed by atoms with Crippen LogP contribution in [0.25, 0.3) is 142 Å². The highest BCUT2D eigenvalue weighted by atomic mass is 32.1. The van der Waals surface area contributed by atoms with Crippen molar-refractivity contribution in [3.8, 4) is 78.7 Å². The monoisotopic (exact) mass is 919 g/mol. The minimum Gasteiger partial charge on any atom is -0.208 e. The number of fused-ring (bicyclic) bond motifs is 8. The van der Waals surface area contributed by atoms with Crippen LogP contribution in [-0.4, -0.2) is 15.0 Å². The van der Waals surface area contributed by atoms with E-state index in [0.717, 1.165) is 55.1 Å². The second-order valence-electron chi connectivity index (χ2n) is 18.2. The molecule has 12 aromatic carbocycles. The van der Waals surface area contributed by atoms with E-state index in [1.165, 1.54) is 69.4 Å². The Labute approximate surface area is 414 Å². The van der Waals surface area contributed by atoms with Crippen LogP contribution < -0.4 is 0 Å². The lowest BCUT2D eigenvalue weighted by Gasteiger charge is -2.16. The standard InChI is InChI=1S/C67H41N3S/c1-4-19-50-42(14-1)17-11-25-52(50)44-30-32-46(33-31-44)60-41-49(38-39-57(60)58-27-13-29-63-64(58)59-24-9-10-28-62(59)71-63)66-68-65(47-36-34-45(35-37-47)53-26-12-18-43-15-2-5-20-51(43)53)69-67(70-66)61-40-48-16-3-6-21-54(48)55-22-7-8-23-56(55)61/h1-41H. The first-order chi connectivity index (χ1) is 35.2. The van der Waals surface area contributed by atoms with Crippen molar-refractivity contribution in [1.82, 2.24) is 15.0 Å². The molecule has 0 radical (unpaired) electrons. The molecule has 0 atom stereocenters. The van der Waals surface area contributed by atoms with Crippen molar-refractivity contribution >= 4 is 74.6 Å². The molecule has 71 heavy (non-hydrogen) atoms. The molecule has 2 aromatic heterocycles. The van der Waals surface area contributed by atoms with Gasteiger partial charge in [0.2, 0.25) is 0 Å². The van der Waals surface area contributed by atoms with Crippen LogP contribution in [0, 0.1) is 0 Å². The summed E-state index contributed by atoms with van der Waals surface area (Å²) in [6, 6.07) is 89.6. The zero-order valence-corrected chi connectivity index (χ0v) is 39.2. The molecule has 0 saturated heterocycles. The molecule has 0 fully saturated rings. The summed E-state index contributed by atoms with van der Waals surface area (Å²) in [5.41, 5.74) is 12.1. The van der Waals surface area contributed by atoms with Crippen molar-refractivity contribution in [2.75, 3.05) is 0 Å². The smallest absolute Gasteiger partial charge is 0.164 e. The fraction of sp³-hybridized carbons (Fsp3) is 0. The number of aromatic nitrogens is 3. The van der Waals surface area contributed by atoms with E-state index in [9.17, 15) is 0 Å². The summed E-state index contributed by atoms with van der Waals surface area (Å²) in [7, 11) is 0. The Morgan fingerprint density at radius 1 is 0.225 bits per heavy atom. The predicted molar refractivity (Wildman–Crippen MR) is 301 cm³/mol. The van der Waals surface area contributed by atoms with E-state index in [4.69, 9.17) is 15.0 Å². The lowest BCUT2D eigenvalue weighted by Crippen LogP contribution is -2.01. The van der Waals surface area contributed by atoms with Crippen LogP contribution in [0.3, 0.4) is 0 Å². The molecule has 0 amide bonds. The number of thiophene rings is 1. The van der Waals surface area contributed by atoms with E-state index in [1.807, 2.05) is 11.3 Å². The van der Waals surface area contributed by atoms with Gasteiger partial charge in [0.1, 0.15) is 0 Å². The summed E-state index contributed by atoms with van der Waals surface area (Å²) in [5, 5.41) is 12.1. The Bertz CT molecular complexity index is 4390. The van der Waals surface area contributed by atoms with Crippen LogP contribution in [0.2, 0.25) is 0 Å². The molecule has 0 unspecified atom stereocenters. The molecule has 0 aliphatic carbocycles. The van der Waals surface area contributed by atoms with Gasteiger partial charge < -0.3 is 0 Å². The van der Waals surface area contributed by atoms with Crippen molar-refractivity contribution < 1.29 is 0 Å². The van der Waals surface area contributed by atoms with Gasteiger partial charge in [-0.05, 0) is 112 Å². The maximum absolute atomic E-state index is 5.44. The highest BCUT2D eigenvalue weighted by Crippen LogP contribution is 2.45. The van der Waals surface area contributed by atoms with Crippen LogP contribution in [0.15, 0.2) is 249 Å². The molecule has 0 bridgehead atoms. The zero-order valence-electron chi connectivity index (χ0n) is 38.4. The average molecular weight is 920 g/mol. The lowest BCUT2D eigenvalue weighted by molar-refractivity contribution is 1.08. The number of hydrogen-bond donors (Lipinski definition) is 0. The van der Waals surface area contributed by atoms with Gasteiger partial charge in [-0.2, -0.15) is 0 Å². The molecule has 2 heterocycles. The Hall–Kier alpha value is -9.09. The highest BCUT2D eigenvalue weighted by Gasteiger charge is 2.20. The number of benzene rings is 12. The van der Waals surface area contributed by atoms with Crippen LogP contribution >= 0.6 is 11.3 Å². The molecule has 4 heteroatoms. The van der Waals surface area contributed by atoms with Gasteiger partial charge in [0, 0.05) is 36.9 Å². The molecular weight excluding hydrogens is 879 g/mol. The van der Waals surface area contributed by atoms with Gasteiger partial charge in [-0.1, -0.05) is 224 Å². The predicted octanol–water partition coefficient (Wildman–Crippen LogP) is 18.5. The summed E-state index contributed by atoms with van der Waals surface area (Å²) in [4.78, 5) is 16.2. The molecule has 14 rings (SSSR count). The first kappa shape index (κ1) is 40.9. The first-order valence-electron chi connectivity index (χ1n) is 24.1. The summed E-state index contributed by atoms with van der Waals surface area (Å²) in [5.74, 6) is 1.86. The second-order valence-corrected chi connectivity index (χ2v) is 19.3. The van der Waals surface area contributed by atoms with Gasteiger partial charge in [-0.3, -0.25) is 0 Å². The SMILES string of the molecule is c1ccc2c(-c3ccc(-c4nc(-c5ccc(-c6cccc7sc8ccccc8c67)c(-c6ccc(-c7cccc8ccccc78)cc6)c5)nc(-c5cc6ccccc6c6ccccc56)n4)cc3)cccc2c1. The van der Waals surface area contributed by atoms with Crippen LogP contribution in [0.5, 0.6) is 0 Å². The highest BCUT2D eigenvalue weighted by molar-refractivity contribution is 7.25. The van der Waals surface area contributed by atoms with Gasteiger partial charge in [-0.25, -0.2) is 15.0 Å². The van der Waals surface area contributed by atoms with Crippen molar-refractivity contribution in [3.05, 3.63) is 249 Å². The maximum Gasteiger partial charge on any atom is 0.164 e. The Morgan fingerprint density at radius 2 is 0.676 bits per heavy atom. The van der Waals surface area contributed by atoms with Crippen LogP contribution in [-0.2, 0) is 0 Å². The van der Waals surface area contributed by atoms with E-state index < -0.39 is 0 Å². The maximum atomic E-state index is 5.44. The topological polar surface area (TPSA) is 38.7 Å². The van der Waals surface area contributed by atoms with Crippen molar-refractivity contribution in [1.29, 1.82) is 0 Å². The lowest BCUT2D eigenvalue weighted by atomic mass is 9.89. The molecule has 3 nitrogen and oxygen atoms in total. The third-order valence-corrected chi connectivity index (χ3v) is 15.3. The molecule has 330 valence electrons. The van der Waals surface area contributed by atoms with Gasteiger partial charge in [-0.15, -0.1) is 11.3 Å². The third-order valence-electron chi connectivity index (χ3n) is 14.2. The summed E-state index contributed by atoms with van der Waals surface area (Å²) >= 11 is 1.85. The van der Waals surface area contributed by atoms with E-state index in [0.29, 0.717) is 17.5 Å². The summed E-state index contributed by atoms with van der Waals surface area (Å²) in [6.07, 6.45) is 0. The molecule has 0 saturated carbocycles. The van der Waals surface area contributed by atoms with Gasteiger partial charge in [0.15, 0.2) is 17.5 Å². The van der Waals surface area contributed by atoms with E-state index >= 15 is 0 Å². The Morgan fingerprint density at radius 3 is 1.35 bits per heavy atom. The fourth-order valence-corrected chi connectivity index (χ4v) is 11.9. The van der Waals surface area contributed by atoms with Crippen molar-refractivity contribution in [2.45, 2.75) is 0 Å². The van der Waals surface area contributed by atoms with Crippen molar-refractivity contribution in [3.63, 3.8) is 0 Å². The Kier molecular flexibility index (Phi) is 9.71. The largest absolute Gasteiger partial charge is 0.208 e. The van der Waals surface area contributed by atoms with E-state index in [1.54, 1.807) is 0 Å². The van der Waals surface area contributed by atoms with Gasteiger partial charge in [0.05, 0.1) is 0 Å². The zero-order chi connectivity index (χ0) is 46.8. The van der Waals surface area contributed by atoms with Crippen molar-refractivity contribution in [2.24, 2.45) is 0 Å². The normalized spacial score (nSPS) is 11.7. The van der Waals surface area contributed by atoms with Crippen LogP contribution in [0.1, 0.15) is 0 Å². The molecular formula is C67H41N3S. The summed E-state index contributed by atoms with van der Waals surface area (Å²) in [6.45, 7) is 0. The van der Waals surface area contributed by atoms with Gasteiger partial charge in [0.25, 0.3) is 0 Å². The number of nitrogens with zero attached hydrogens (tertiary/aromatic N) is 3. The Balaban J connectivity index is 0.976. The molecule has 0 N–H and O–H groups in total. The number of rotatable bonds is 7. The minimum atomic E-state index is 0.611. The summed E-state index contributed by atoms with van der Waals surface area (Å²) < 4.78 is 2.55. The third kappa shape index (κ3) is 7.07. The van der Waals surface area contributed by atoms with Crippen LogP contribution in [0.4, 0.5) is 0 Å². The molecule has 14 aromatic rings. The first-order valence-corrected chi connectivity index (χ1v) is 24.9. The average Bonchev–Trinajstić information content (AvgIpc) is 3.84. The second kappa shape index (κ2) is 16.8. The molecule has 0 aliphatic rings. The van der Waals surface area contributed by atoms with E-state index in [2.05, 4.69) is 249 Å². The quantitative estimate of drug-likeness (QED) is 0.150. The molecule has 0 aliphatic heterocycles. The van der Waals surface area contributed by atoms with E-state index in [-0.39, 0.29) is 0 Å². The minimum absolute atomic E-state index is 0.611. The number of hydrogen-bond acceptors (Lipinski definition) is 4.